The monoisotopic (exact) mass is 386 g/mol. The second kappa shape index (κ2) is 9.77. The number of benzene rings is 2. The molecular weight excluding hydrogens is 367 g/mol. The Hall–Kier alpha value is -1.42. The number of nitrogens with two attached hydrogens (primary N) is 1. The number of halogens is 3. The smallest absolute Gasteiger partial charge is 0.223 e. The van der Waals surface area contributed by atoms with Crippen LogP contribution in [0.15, 0.2) is 42.5 Å². The van der Waals surface area contributed by atoms with Crippen molar-refractivity contribution in [2.24, 2.45) is 0 Å². The zero-order chi connectivity index (χ0) is 16.8. The number of hydrogen-bond donors (Lipinski definition) is 1. The molecule has 0 aliphatic rings. The van der Waals surface area contributed by atoms with Gasteiger partial charge < -0.3 is 10.6 Å². The number of nitrogen functional groups attached to an aromatic ring is 1. The van der Waals surface area contributed by atoms with Gasteiger partial charge in [0.2, 0.25) is 5.91 Å². The van der Waals surface area contributed by atoms with Crippen molar-refractivity contribution in [3.63, 3.8) is 0 Å². The summed E-state index contributed by atoms with van der Waals surface area (Å²) in [5.74, 6) is 0.0989. The molecule has 0 aliphatic carbocycles. The number of aryl methyl sites for hydroxylation is 1. The van der Waals surface area contributed by atoms with Gasteiger partial charge in [-0.1, -0.05) is 47.5 Å². The summed E-state index contributed by atoms with van der Waals surface area (Å²) in [5.41, 5.74) is 8.62. The molecule has 2 aromatic carbocycles. The quantitative estimate of drug-likeness (QED) is 0.711. The third kappa shape index (κ3) is 5.59. The fourth-order valence-electron chi connectivity index (χ4n) is 2.40. The molecule has 2 N–H and O–H groups in total. The van der Waals surface area contributed by atoms with Crippen LogP contribution < -0.4 is 5.73 Å². The van der Waals surface area contributed by atoms with Crippen LogP contribution >= 0.6 is 35.6 Å². The van der Waals surface area contributed by atoms with Crippen LogP contribution in [-0.2, 0) is 17.8 Å². The van der Waals surface area contributed by atoms with E-state index >= 15 is 0 Å². The van der Waals surface area contributed by atoms with Gasteiger partial charge in [0.05, 0.1) is 10.0 Å². The Morgan fingerprint density at radius 2 is 1.83 bits per heavy atom. The van der Waals surface area contributed by atoms with Gasteiger partial charge in [-0.05, 0) is 42.7 Å². The van der Waals surface area contributed by atoms with Gasteiger partial charge in [0.25, 0.3) is 0 Å². The third-order valence-electron chi connectivity index (χ3n) is 3.76. The number of para-hydroxylation sites is 1. The second-order valence-electron chi connectivity index (χ2n) is 5.36. The standard InChI is InChI=1S/C18H20Cl2N2O.ClH/c1-2-22(12-13-7-9-15(19)16(20)11-13)18(23)10-8-14-5-3-4-6-17(14)21;/h3-7,9,11H,2,8,10,12,21H2,1H3;1H. The SMILES string of the molecule is CCN(Cc1ccc(Cl)c(Cl)c1)C(=O)CCc1ccccc1N.Cl. The Bertz CT molecular complexity index is 692. The van der Waals surface area contributed by atoms with Gasteiger partial charge in [-0.3, -0.25) is 4.79 Å². The maximum Gasteiger partial charge on any atom is 0.223 e. The van der Waals surface area contributed by atoms with Gasteiger partial charge in [-0.25, -0.2) is 0 Å². The summed E-state index contributed by atoms with van der Waals surface area (Å²) >= 11 is 12.0. The summed E-state index contributed by atoms with van der Waals surface area (Å²) in [6.45, 7) is 3.13. The molecule has 0 heterocycles. The van der Waals surface area contributed by atoms with Crippen LogP contribution in [0.4, 0.5) is 5.69 Å². The molecule has 0 radical (unpaired) electrons. The van der Waals surface area contributed by atoms with Crippen molar-refractivity contribution in [2.45, 2.75) is 26.3 Å². The molecular formula is C18H21Cl3N2O. The lowest BCUT2D eigenvalue weighted by Crippen LogP contribution is -2.30. The minimum atomic E-state index is 0. The van der Waals surface area contributed by atoms with Crippen LogP contribution in [0.5, 0.6) is 0 Å². The van der Waals surface area contributed by atoms with Crippen LogP contribution in [0.2, 0.25) is 10.0 Å². The first kappa shape index (κ1) is 20.6. The number of nitrogens with zero attached hydrogens (tertiary/aromatic N) is 1. The summed E-state index contributed by atoms with van der Waals surface area (Å²) in [6, 6.07) is 13.1. The maximum absolute atomic E-state index is 12.4. The number of rotatable bonds is 6. The Kier molecular flexibility index (Phi) is 8.40. The van der Waals surface area contributed by atoms with Crippen LogP contribution in [0.1, 0.15) is 24.5 Å². The van der Waals surface area contributed by atoms with E-state index in [2.05, 4.69) is 0 Å². The molecule has 0 saturated heterocycles. The predicted octanol–water partition coefficient (Wildman–Crippen LogP) is 4.98. The van der Waals surface area contributed by atoms with Gasteiger partial charge >= 0.3 is 0 Å². The first-order valence-corrected chi connectivity index (χ1v) is 8.32. The molecule has 130 valence electrons. The highest BCUT2D eigenvalue weighted by Crippen LogP contribution is 2.23. The summed E-state index contributed by atoms with van der Waals surface area (Å²) < 4.78 is 0. The minimum Gasteiger partial charge on any atom is -0.399 e. The lowest BCUT2D eigenvalue weighted by Gasteiger charge is -2.21. The molecule has 3 nitrogen and oxygen atoms in total. The maximum atomic E-state index is 12.4. The van der Waals surface area contributed by atoms with Gasteiger partial charge in [0.1, 0.15) is 0 Å². The molecule has 1 amide bonds. The highest BCUT2D eigenvalue weighted by atomic mass is 35.5. The highest BCUT2D eigenvalue weighted by molar-refractivity contribution is 6.42. The number of anilines is 1. The second-order valence-corrected chi connectivity index (χ2v) is 6.17. The molecule has 24 heavy (non-hydrogen) atoms. The van der Waals surface area contributed by atoms with Gasteiger partial charge in [0.15, 0.2) is 0 Å². The van der Waals surface area contributed by atoms with Crippen LogP contribution in [0.3, 0.4) is 0 Å². The zero-order valence-electron chi connectivity index (χ0n) is 13.5. The van der Waals surface area contributed by atoms with Crippen molar-refractivity contribution < 1.29 is 4.79 Å². The first-order valence-electron chi connectivity index (χ1n) is 7.56. The van der Waals surface area contributed by atoms with Crippen molar-refractivity contribution in [3.8, 4) is 0 Å². The van der Waals surface area contributed by atoms with Gasteiger partial charge in [-0.15, -0.1) is 12.4 Å². The van der Waals surface area contributed by atoms with E-state index in [4.69, 9.17) is 28.9 Å². The molecule has 0 fully saturated rings. The fourth-order valence-corrected chi connectivity index (χ4v) is 2.72. The largest absolute Gasteiger partial charge is 0.399 e. The topological polar surface area (TPSA) is 46.3 Å². The Labute approximate surface area is 159 Å². The number of amides is 1. The first-order chi connectivity index (χ1) is 11.0. The normalized spacial score (nSPS) is 10.1. The Morgan fingerprint density at radius 1 is 1.12 bits per heavy atom. The van der Waals surface area contributed by atoms with E-state index in [1.807, 2.05) is 37.3 Å². The van der Waals surface area contributed by atoms with E-state index in [-0.39, 0.29) is 18.3 Å². The molecule has 6 heteroatoms. The summed E-state index contributed by atoms with van der Waals surface area (Å²) in [4.78, 5) is 14.2. The summed E-state index contributed by atoms with van der Waals surface area (Å²) in [7, 11) is 0. The predicted molar refractivity (Wildman–Crippen MR) is 104 cm³/mol. The number of carbonyl (C=O) groups is 1. The van der Waals surface area contributed by atoms with Crippen LogP contribution in [-0.4, -0.2) is 17.4 Å². The van der Waals surface area contributed by atoms with E-state index < -0.39 is 0 Å². The van der Waals surface area contributed by atoms with E-state index in [0.717, 1.165) is 16.8 Å². The number of hydrogen-bond acceptors (Lipinski definition) is 2. The van der Waals surface area contributed by atoms with Crippen molar-refractivity contribution in [3.05, 3.63) is 63.6 Å². The average molecular weight is 388 g/mol. The highest BCUT2D eigenvalue weighted by Gasteiger charge is 2.13. The Balaban J connectivity index is 0.00000288. The van der Waals surface area contributed by atoms with Crippen LogP contribution in [0.25, 0.3) is 0 Å². The van der Waals surface area contributed by atoms with Gasteiger partial charge in [-0.2, -0.15) is 0 Å². The molecule has 0 aliphatic heterocycles. The molecule has 0 bridgehead atoms. The zero-order valence-corrected chi connectivity index (χ0v) is 15.8. The van der Waals surface area contributed by atoms with E-state index in [0.29, 0.717) is 36.0 Å². The molecule has 0 atom stereocenters. The van der Waals surface area contributed by atoms with Crippen molar-refractivity contribution in [1.29, 1.82) is 0 Å². The van der Waals surface area contributed by atoms with E-state index in [1.165, 1.54) is 0 Å². The molecule has 0 spiro atoms. The van der Waals surface area contributed by atoms with E-state index in [9.17, 15) is 4.79 Å². The molecule has 0 aromatic heterocycles. The molecule has 2 aromatic rings. The molecule has 2 rings (SSSR count). The molecule has 0 unspecified atom stereocenters. The Morgan fingerprint density at radius 3 is 2.46 bits per heavy atom. The van der Waals surface area contributed by atoms with Crippen molar-refractivity contribution in [1.82, 2.24) is 4.90 Å². The van der Waals surface area contributed by atoms with Crippen molar-refractivity contribution in [2.75, 3.05) is 12.3 Å². The summed E-state index contributed by atoms with van der Waals surface area (Å²) in [6.07, 6.45) is 1.08. The van der Waals surface area contributed by atoms with Crippen LogP contribution in [0, 0.1) is 0 Å². The fraction of sp³-hybridized carbons (Fsp3) is 0.278. The average Bonchev–Trinajstić information content (AvgIpc) is 2.54. The van der Waals surface area contributed by atoms with E-state index in [1.54, 1.807) is 17.0 Å². The number of carbonyl (C=O) groups excluding carboxylic acids is 1. The molecule has 0 saturated carbocycles. The third-order valence-corrected chi connectivity index (χ3v) is 4.49. The summed E-state index contributed by atoms with van der Waals surface area (Å²) in [5, 5.41) is 1.02. The lowest BCUT2D eigenvalue weighted by molar-refractivity contribution is -0.131. The van der Waals surface area contributed by atoms with Gasteiger partial charge in [0, 0.05) is 25.2 Å². The lowest BCUT2D eigenvalue weighted by atomic mass is 10.1. The minimum absolute atomic E-state index is 0. The van der Waals surface area contributed by atoms with Crippen molar-refractivity contribution >= 4 is 47.2 Å².